The van der Waals surface area contributed by atoms with E-state index in [1.54, 1.807) is 0 Å². The highest BCUT2D eigenvalue weighted by Gasteiger charge is 2.33. The number of nitrogens with one attached hydrogen (secondary N) is 1. The van der Waals surface area contributed by atoms with Crippen molar-refractivity contribution in [1.82, 2.24) is 5.32 Å². The molecule has 12 heteroatoms. The molecular weight excluding hydrogens is 383 g/mol. The van der Waals surface area contributed by atoms with Crippen molar-refractivity contribution in [3.8, 4) is 5.75 Å². The highest BCUT2D eigenvalue weighted by molar-refractivity contribution is 5.81. The zero-order valence-corrected chi connectivity index (χ0v) is 15.2. The number of hydrogen-bond donors (Lipinski definition) is 3. The van der Waals surface area contributed by atoms with Gasteiger partial charge < -0.3 is 25.0 Å². The van der Waals surface area contributed by atoms with Crippen LogP contribution in [0, 0.1) is 15.9 Å². The molecule has 154 valence electrons. The Bertz CT molecular complexity index is 776. The van der Waals surface area contributed by atoms with Gasteiger partial charge in [-0.15, -0.1) is 0 Å². The minimum absolute atomic E-state index is 0.814. The van der Waals surface area contributed by atoms with Crippen LogP contribution in [0.2, 0.25) is 0 Å². The largest absolute Gasteiger partial charge is 0.480 e. The van der Waals surface area contributed by atoms with Gasteiger partial charge in [-0.1, -0.05) is 6.07 Å². The summed E-state index contributed by atoms with van der Waals surface area (Å²) in [5.41, 5.74) is -1.78. The number of aliphatic carboxylic acids is 2. The molecule has 0 aliphatic heterocycles. The van der Waals surface area contributed by atoms with Crippen molar-refractivity contribution in [2.24, 2.45) is 0 Å². The number of ether oxygens (including phenoxy) is 2. The van der Waals surface area contributed by atoms with E-state index in [4.69, 9.17) is 9.47 Å². The fraction of sp³-hybridized carbons (Fsp3) is 0.438. The van der Waals surface area contributed by atoms with Crippen LogP contribution >= 0.6 is 0 Å². The van der Waals surface area contributed by atoms with Crippen molar-refractivity contribution >= 4 is 23.7 Å². The molecule has 0 aliphatic rings. The average molecular weight is 402 g/mol. The molecule has 1 aromatic rings. The van der Waals surface area contributed by atoms with E-state index in [2.05, 4.69) is 0 Å². The van der Waals surface area contributed by atoms with E-state index < -0.39 is 64.4 Å². The molecule has 0 heterocycles. The minimum atomic E-state index is -2.01. The predicted molar refractivity (Wildman–Crippen MR) is 90.5 cm³/mol. The number of amides is 1. The number of carbonyl (C=O) groups excluding carboxylic acids is 1. The van der Waals surface area contributed by atoms with Crippen molar-refractivity contribution in [3.63, 3.8) is 0 Å². The smallest absolute Gasteiger partial charge is 0.408 e. The Kier molecular flexibility index (Phi) is 7.24. The zero-order valence-electron chi connectivity index (χ0n) is 15.2. The summed E-state index contributed by atoms with van der Waals surface area (Å²) in [5.74, 6) is -5.48. The Morgan fingerprint density at radius 3 is 2.32 bits per heavy atom. The molecule has 0 bridgehead atoms. The lowest BCUT2D eigenvalue weighted by Gasteiger charge is -2.23. The van der Waals surface area contributed by atoms with Crippen LogP contribution < -0.4 is 10.1 Å². The number of nitro benzene ring substituents is 1. The summed E-state index contributed by atoms with van der Waals surface area (Å²) in [6.07, 6.45) is -3.98. The number of rotatable bonds is 8. The lowest BCUT2D eigenvalue weighted by atomic mass is 10.1. The van der Waals surface area contributed by atoms with Crippen molar-refractivity contribution in [2.75, 3.05) is 0 Å². The number of nitrogens with zero attached hydrogens (tertiary/aromatic N) is 1. The van der Waals surface area contributed by atoms with Gasteiger partial charge in [-0.2, -0.15) is 0 Å². The Hall–Kier alpha value is -3.44. The standard InChI is InChI=1S/C16H19FN2O9/c1-16(2,3)28-15(24)18-9(13(20)21)7-11(14(22)23)27-12-8(17)5-4-6-10(12)19(25)26/h4-6,9,11H,7H2,1-3H3,(H,18,24)(H,20,21)(H,22,23). The van der Waals surface area contributed by atoms with Gasteiger partial charge in [0, 0.05) is 12.5 Å². The van der Waals surface area contributed by atoms with Crippen molar-refractivity contribution in [3.05, 3.63) is 34.1 Å². The third kappa shape index (κ3) is 6.70. The number of para-hydroxylation sites is 1. The Morgan fingerprint density at radius 2 is 1.86 bits per heavy atom. The molecule has 0 aliphatic carbocycles. The number of benzene rings is 1. The van der Waals surface area contributed by atoms with Crippen LogP contribution in [0.25, 0.3) is 0 Å². The highest BCUT2D eigenvalue weighted by Crippen LogP contribution is 2.31. The maximum atomic E-state index is 13.9. The van der Waals surface area contributed by atoms with Gasteiger partial charge >= 0.3 is 23.7 Å². The van der Waals surface area contributed by atoms with Crippen LogP contribution in [-0.4, -0.2) is 50.9 Å². The summed E-state index contributed by atoms with van der Waals surface area (Å²) in [7, 11) is 0. The Balaban J connectivity index is 3.05. The van der Waals surface area contributed by atoms with E-state index >= 15 is 0 Å². The fourth-order valence-electron chi connectivity index (χ4n) is 1.98. The molecule has 0 fully saturated rings. The molecular formula is C16H19FN2O9. The van der Waals surface area contributed by atoms with Crippen LogP contribution in [-0.2, 0) is 14.3 Å². The molecule has 1 rings (SSSR count). The molecule has 0 saturated carbocycles. The van der Waals surface area contributed by atoms with Gasteiger partial charge in [0.1, 0.15) is 11.6 Å². The second-order valence-electron chi connectivity index (χ2n) is 6.56. The van der Waals surface area contributed by atoms with Gasteiger partial charge in [-0.05, 0) is 26.8 Å². The minimum Gasteiger partial charge on any atom is -0.480 e. The summed E-state index contributed by atoms with van der Waals surface area (Å²) in [6, 6.07) is 0.960. The molecule has 0 radical (unpaired) electrons. The molecule has 28 heavy (non-hydrogen) atoms. The fourth-order valence-corrected chi connectivity index (χ4v) is 1.98. The number of carboxylic acids is 2. The number of halogens is 1. The quantitative estimate of drug-likeness (QED) is 0.435. The molecule has 1 amide bonds. The molecule has 0 saturated heterocycles. The van der Waals surface area contributed by atoms with Gasteiger partial charge in [0.15, 0.2) is 11.9 Å². The number of alkyl carbamates (subject to hydrolysis) is 1. The van der Waals surface area contributed by atoms with Crippen LogP contribution in [0.1, 0.15) is 27.2 Å². The monoisotopic (exact) mass is 402 g/mol. The maximum Gasteiger partial charge on any atom is 0.408 e. The maximum absolute atomic E-state index is 13.9. The molecule has 3 N–H and O–H groups in total. The van der Waals surface area contributed by atoms with Crippen LogP contribution in [0.15, 0.2) is 18.2 Å². The van der Waals surface area contributed by atoms with Gasteiger partial charge in [0.05, 0.1) is 4.92 Å². The molecule has 0 spiro atoms. The number of nitro groups is 1. The summed E-state index contributed by atoms with van der Waals surface area (Å²) >= 11 is 0. The van der Waals surface area contributed by atoms with Crippen LogP contribution in [0.4, 0.5) is 14.9 Å². The lowest BCUT2D eigenvalue weighted by Crippen LogP contribution is -2.47. The van der Waals surface area contributed by atoms with Crippen molar-refractivity contribution < 1.29 is 43.4 Å². The third-order valence-electron chi connectivity index (χ3n) is 3.12. The summed E-state index contributed by atoms with van der Waals surface area (Å²) < 4.78 is 23.7. The molecule has 1 aromatic carbocycles. The topological polar surface area (TPSA) is 165 Å². The van der Waals surface area contributed by atoms with Gasteiger partial charge in [-0.3, -0.25) is 10.1 Å². The second-order valence-corrected chi connectivity index (χ2v) is 6.56. The number of hydrogen-bond acceptors (Lipinski definition) is 7. The first-order chi connectivity index (χ1) is 12.8. The van der Waals surface area contributed by atoms with Crippen LogP contribution in [0.3, 0.4) is 0 Å². The second kappa shape index (κ2) is 8.97. The number of carboxylic acid groups (broad SMARTS) is 2. The molecule has 11 nitrogen and oxygen atoms in total. The van der Waals surface area contributed by atoms with E-state index in [9.17, 15) is 39.1 Å². The third-order valence-corrected chi connectivity index (χ3v) is 3.12. The highest BCUT2D eigenvalue weighted by atomic mass is 19.1. The lowest BCUT2D eigenvalue weighted by molar-refractivity contribution is -0.386. The zero-order chi connectivity index (χ0) is 21.6. The van der Waals surface area contributed by atoms with Gasteiger partial charge in [0.2, 0.25) is 5.75 Å². The van der Waals surface area contributed by atoms with E-state index in [0.29, 0.717) is 0 Å². The Labute approximate surface area is 158 Å². The van der Waals surface area contributed by atoms with E-state index in [1.165, 1.54) is 20.8 Å². The van der Waals surface area contributed by atoms with Gasteiger partial charge in [0.25, 0.3) is 0 Å². The molecule has 2 atom stereocenters. The predicted octanol–water partition coefficient (Wildman–Crippen LogP) is 1.93. The van der Waals surface area contributed by atoms with Crippen molar-refractivity contribution in [1.29, 1.82) is 0 Å². The van der Waals surface area contributed by atoms with Gasteiger partial charge in [-0.25, -0.2) is 18.8 Å². The van der Waals surface area contributed by atoms with Crippen LogP contribution in [0.5, 0.6) is 5.75 Å². The van der Waals surface area contributed by atoms with E-state index in [1.807, 2.05) is 5.32 Å². The van der Waals surface area contributed by atoms with E-state index in [-0.39, 0.29) is 0 Å². The first-order valence-corrected chi connectivity index (χ1v) is 7.86. The SMILES string of the molecule is CC(C)(C)OC(=O)NC(CC(Oc1c(F)cccc1[N+](=O)[O-])C(=O)O)C(=O)O. The van der Waals surface area contributed by atoms with E-state index in [0.717, 1.165) is 18.2 Å². The van der Waals surface area contributed by atoms with Crippen molar-refractivity contribution in [2.45, 2.75) is 44.9 Å². The summed E-state index contributed by atoms with van der Waals surface area (Å²) in [5, 5.41) is 31.4. The summed E-state index contributed by atoms with van der Waals surface area (Å²) in [6.45, 7) is 4.59. The number of carbonyl (C=O) groups is 3. The average Bonchev–Trinajstić information content (AvgIpc) is 2.52. The first-order valence-electron chi connectivity index (χ1n) is 7.86. The summed E-state index contributed by atoms with van der Waals surface area (Å²) in [4.78, 5) is 44.5. The molecule has 2 unspecified atom stereocenters. The normalized spacial score (nSPS) is 13.1. The first kappa shape index (κ1) is 22.6. The Morgan fingerprint density at radius 1 is 1.25 bits per heavy atom. The molecule has 0 aromatic heterocycles.